The van der Waals surface area contributed by atoms with Crippen molar-refractivity contribution < 1.29 is 4.79 Å². The highest BCUT2D eigenvalue weighted by molar-refractivity contribution is 6.80. The third-order valence-corrected chi connectivity index (χ3v) is 10.2. The number of nitrogens with zero attached hydrogens (tertiary/aromatic N) is 1. The molecule has 90 valence electrons. The summed E-state index contributed by atoms with van der Waals surface area (Å²) in [5, 5.41) is 0.259. The molecule has 1 aliphatic carbocycles. The molecule has 16 heavy (non-hydrogen) atoms. The van der Waals surface area contributed by atoms with Gasteiger partial charge in [-0.25, -0.2) is 0 Å². The van der Waals surface area contributed by atoms with Crippen molar-refractivity contribution in [3.63, 3.8) is 0 Å². The maximum absolute atomic E-state index is 12.2. The van der Waals surface area contributed by atoms with E-state index < -0.39 is 8.24 Å². The van der Waals surface area contributed by atoms with Gasteiger partial charge in [0, 0.05) is 6.04 Å². The van der Waals surface area contributed by atoms with Crippen LogP contribution in [0.3, 0.4) is 0 Å². The van der Waals surface area contributed by atoms with Crippen LogP contribution in [0, 0.1) is 5.92 Å². The molecule has 0 aromatic rings. The molecule has 1 amide bonds. The Labute approximate surface area is 99.8 Å². The third-order valence-electron chi connectivity index (χ3n) is 4.72. The fourth-order valence-electron chi connectivity index (χ4n) is 2.66. The molecule has 0 bridgehead atoms. The zero-order valence-electron chi connectivity index (χ0n) is 11.1. The predicted molar refractivity (Wildman–Crippen MR) is 69.7 cm³/mol. The number of hydrogen-bond donors (Lipinski definition) is 0. The zero-order valence-corrected chi connectivity index (χ0v) is 12.1. The summed E-state index contributed by atoms with van der Waals surface area (Å²) in [5.74, 6) is 0.722. The first-order valence-corrected chi connectivity index (χ1v) is 9.20. The summed E-state index contributed by atoms with van der Waals surface area (Å²) >= 11 is 0. The van der Waals surface area contributed by atoms with Gasteiger partial charge in [-0.05, 0) is 17.9 Å². The number of fused-ring (bicyclic) bond motifs is 1. The molecule has 2 nitrogen and oxygen atoms in total. The van der Waals surface area contributed by atoms with E-state index in [0.717, 1.165) is 12.8 Å². The van der Waals surface area contributed by atoms with Crippen LogP contribution in [0.15, 0.2) is 12.2 Å². The average molecular weight is 237 g/mol. The average Bonchev–Trinajstić information content (AvgIpc) is 2.14. The van der Waals surface area contributed by atoms with Crippen molar-refractivity contribution in [2.24, 2.45) is 5.92 Å². The smallest absolute Gasteiger partial charge is 0.220 e. The van der Waals surface area contributed by atoms with Gasteiger partial charge in [0.15, 0.2) is 8.24 Å². The Balaban J connectivity index is 2.24. The molecule has 3 heteroatoms. The molecule has 0 saturated carbocycles. The van der Waals surface area contributed by atoms with Crippen LogP contribution in [0.1, 0.15) is 33.6 Å². The number of allylic oxidation sites excluding steroid dienone is 1. The number of carbonyl (C=O) groups excluding carboxylic acids is 1. The predicted octanol–water partition coefficient (Wildman–Crippen LogP) is 3.17. The molecule has 0 spiro atoms. The van der Waals surface area contributed by atoms with Crippen LogP contribution >= 0.6 is 0 Å². The molecule has 2 rings (SSSR count). The first-order valence-electron chi connectivity index (χ1n) is 6.25. The van der Waals surface area contributed by atoms with Crippen LogP contribution in [0.5, 0.6) is 0 Å². The fraction of sp³-hybridized carbons (Fsp3) is 0.769. The fourth-order valence-corrected chi connectivity index (χ4v) is 5.22. The molecule has 0 N–H and O–H groups in total. The summed E-state index contributed by atoms with van der Waals surface area (Å²) in [6.45, 7) is 11.5. The van der Waals surface area contributed by atoms with Crippen LogP contribution in [0.4, 0.5) is 0 Å². The topological polar surface area (TPSA) is 20.3 Å². The van der Waals surface area contributed by atoms with Gasteiger partial charge in [-0.15, -0.1) is 0 Å². The van der Waals surface area contributed by atoms with Gasteiger partial charge in [-0.2, -0.15) is 0 Å². The molecule has 1 heterocycles. The van der Waals surface area contributed by atoms with Gasteiger partial charge in [0.05, 0.1) is 5.92 Å². The number of carbonyl (C=O) groups is 1. The minimum Gasteiger partial charge on any atom is -0.365 e. The molecule has 2 aliphatic rings. The lowest BCUT2D eigenvalue weighted by atomic mass is 9.82. The summed E-state index contributed by atoms with van der Waals surface area (Å²) in [7, 11) is -1.64. The van der Waals surface area contributed by atoms with Crippen molar-refractivity contribution in [2.45, 2.75) is 57.8 Å². The standard InChI is InChI=1S/C13H23NOSi/c1-13(2,3)16(4,5)14-11-9-7-6-8-10(11)12(14)15/h6-7,10-11H,8-9H2,1-5H3/t10-,11+/m0/s1. The van der Waals surface area contributed by atoms with Crippen LogP contribution < -0.4 is 0 Å². The lowest BCUT2D eigenvalue weighted by Gasteiger charge is -2.59. The number of amides is 1. The normalized spacial score (nSPS) is 30.1. The van der Waals surface area contributed by atoms with Gasteiger partial charge in [-0.1, -0.05) is 46.0 Å². The van der Waals surface area contributed by atoms with E-state index in [4.69, 9.17) is 0 Å². The van der Waals surface area contributed by atoms with Gasteiger partial charge in [-0.3, -0.25) is 4.79 Å². The Morgan fingerprint density at radius 3 is 2.38 bits per heavy atom. The molecular formula is C13H23NOSi. The summed E-state index contributed by atoms with van der Waals surface area (Å²) in [5.41, 5.74) is 0. The minimum absolute atomic E-state index is 0.259. The van der Waals surface area contributed by atoms with E-state index >= 15 is 0 Å². The van der Waals surface area contributed by atoms with Crippen molar-refractivity contribution in [1.82, 2.24) is 4.57 Å². The first kappa shape index (κ1) is 11.9. The van der Waals surface area contributed by atoms with E-state index in [2.05, 4.69) is 50.6 Å². The van der Waals surface area contributed by atoms with Crippen molar-refractivity contribution in [3.05, 3.63) is 12.2 Å². The number of β-lactam (4-membered cyclic amide) rings is 1. The third kappa shape index (κ3) is 1.48. The lowest BCUT2D eigenvalue weighted by molar-refractivity contribution is -0.148. The van der Waals surface area contributed by atoms with E-state index in [1.54, 1.807) is 0 Å². The van der Waals surface area contributed by atoms with Crippen LogP contribution in [-0.2, 0) is 4.79 Å². The monoisotopic (exact) mass is 237 g/mol. The van der Waals surface area contributed by atoms with Gasteiger partial charge >= 0.3 is 0 Å². The molecule has 0 unspecified atom stereocenters. The summed E-state index contributed by atoms with van der Waals surface area (Å²) < 4.78 is 2.27. The van der Waals surface area contributed by atoms with Crippen molar-refractivity contribution in [3.8, 4) is 0 Å². The Kier molecular flexibility index (Phi) is 2.57. The Bertz CT molecular complexity index is 340. The second-order valence-corrected chi connectivity index (χ2v) is 11.7. The van der Waals surface area contributed by atoms with Crippen molar-refractivity contribution in [2.75, 3.05) is 0 Å². The number of rotatable bonds is 1. The van der Waals surface area contributed by atoms with Gasteiger partial charge < -0.3 is 4.57 Å². The second-order valence-electron chi connectivity index (χ2n) is 6.63. The summed E-state index contributed by atoms with van der Waals surface area (Å²) in [4.78, 5) is 12.2. The highest BCUT2D eigenvalue weighted by Crippen LogP contribution is 2.47. The Hall–Kier alpha value is -0.573. The molecule has 2 atom stereocenters. The van der Waals surface area contributed by atoms with Crippen LogP contribution in [0.25, 0.3) is 0 Å². The Morgan fingerprint density at radius 1 is 1.25 bits per heavy atom. The van der Waals surface area contributed by atoms with Crippen LogP contribution in [0.2, 0.25) is 18.1 Å². The molecular weight excluding hydrogens is 214 g/mol. The van der Waals surface area contributed by atoms with E-state index in [0.29, 0.717) is 17.9 Å². The first-order chi connectivity index (χ1) is 7.27. The lowest BCUT2D eigenvalue weighted by Crippen LogP contribution is -2.72. The summed E-state index contributed by atoms with van der Waals surface area (Å²) in [6, 6.07) is 0.512. The minimum atomic E-state index is -1.64. The highest BCUT2D eigenvalue weighted by Gasteiger charge is 2.56. The van der Waals surface area contributed by atoms with Crippen molar-refractivity contribution >= 4 is 14.1 Å². The largest absolute Gasteiger partial charge is 0.365 e. The van der Waals surface area contributed by atoms with Gasteiger partial charge in [0.1, 0.15) is 0 Å². The quantitative estimate of drug-likeness (QED) is 0.390. The highest BCUT2D eigenvalue weighted by atomic mass is 28.3. The Morgan fingerprint density at radius 2 is 1.81 bits per heavy atom. The molecule has 0 aromatic heterocycles. The van der Waals surface area contributed by atoms with E-state index in [1.807, 2.05) is 0 Å². The van der Waals surface area contributed by atoms with Gasteiger partial charge in [0.2, 0.25) is 5.91 Å². The number of hydrogen-bond acceptors (Lipinski definition) is 1. The van der Waals surface area contributed by atoms with Crippen molar-refractivity contribution in [1.29, 1.82) is 0 Å². The second kappa shape index (κ2) is 3.46. The summed E-state index contributed by atoms with van der Waals surface area (Å²) in [6.07, 6.45) is 6.45. The molecule has 0 radical (unpaired) electrons. The van der Waals surface area contributed by atoms with E-state index in [-0.39, 0.29) is 5.04 Å². The van der Waals surface area contributed by atoms with Gasteiger partial charge in [0.25, 0.3) is 0 Å². The zero-order chi connectivity index (χ0) is 12.1. The molecule has 1 aliphatic heterocycles. The molecule has 0 aromatic carbocycles. The van der Waals surface area contributed by atoms with E-state index in [1.165, 1.54) is 0 Å². The maximum Gasteiger partial charge on any atom is 0.220 e. The molecule has 1 saturated heterocycles. The molecule has 1 fully saturated rings. The van der Waals surface area contributed by atoms with Crippen LogP contribution in [-0.4, -0.2) is 24.7 Å². The SMILES string of the molecule is CC(C)(C)[Si](C)(C)N1C(=O)[C@H]2CC=CC[C@H]21. The maximum atomic E-state index is 12.2. The van der Waals surface area contributed by atoms with E-state index in [9.17, 15) is 4.79 Å².